The van der Waals surface area contributed by atoms with E-state index in [1.165, 1.54) is 30.3 Å². The van der Waals surface area contributed by atoms with Crippen molar-refractivity contribution in [2.75, 3.05) is 13.2 Å². The number of nitrogens with one attached hydrogen (secondary N) is 1. The van der Waals surface area contributed by atoms with Crippen molar-refractivity contribution in [1.29, 1.82) is 0 Å². The number of amides is 4. The summed E-state index contributed by atoms with van der Waals surface area (Å²) < 4.78 is 4.65. The van der Waals surface area contributed by atoms with Gasteiger partial charge in [0.1, 0.15) is 6.04 Å². The van der Waals surface area contributed by atoms with Gasteiger partial charge in [0.2, 0.25) is 5.91 Å². The molecule has 12 nitrogen and oxygen atoms in total. The molecule has 2 aromatic carbocycles. The summed E-state index contributed by atoms with van der Waals surface area (Å²) in [6.45, 7) is -0.660. The fraction of sp³-hybridized carbons (Fsp3) is 0.227. The number of fused-ring (bicyclic) bond motifs is 1. The van der Waals surface area contributed by atoms with Crippen LogP contribution in [0.25, 0.3) is 0 Å². The summed E-state index contributed by atoms with van der Waals surface area (Å²) in [4.78, 5) is 73.0. The first-order chi connectivity index (χ1) is 16.2. The fourth-order valence-corrected chi connectivity index (χ4v) is 3.50. The average molecular weight is 468 g/mol. The number of benzene rings is 2. The van der Waals surface area contributed by atoms with Crippen molar-refractivity contribution in [2.24, 2.45) is 5.73 Å². The number of nitrogens with zero attached hydrogens (tertiary/aromatic N) is 2. The van der Waals surface area contributed by atoms with Gasteiger partial charge in [-0.05, 0) is 25.0 Å². The van der Waals surface area contributed by atoms with Crippen LogP contribution in [0.3, 0.4) is 0 Å². The minimum Gasteiger partial charge on any atom is -0.450 e. The van der Waals surface area contributed by atoms with Gasteiger partial charge < -0.3 is 15.8 Å². The lowest BCUT2D eigenvalue weighted by atomic mass is 10.1. The van der Waals surface area contributed by atoms with Crippen molar-refractivity contribution in [2.45, 2.75) is 18.9 Å². The molecule has 0 fully saturated rings. The van der Waals surface area contributed by atoms with Gasteiger partial charge in [-0.3, -0.25) is 34.2 Å². The molecule has 1 atom stereocenters. The first-order valence-electron chi connectivity index (χ1n) is 10.1. The van der Waals surface area contributed by atoms with E-state index in [0.29, 0.717) is 0 Å². The molecule has 0 aromatic heterocycles. The van der Waals surface area contributed by atoms with Crippen molar-refractivity contribution >= 4 is 35.3 Å². The molecule has 0 radical (unpaired) electrons. The zero-order valence-corrected chi connectivity index (χ0v) is 17.8. The Labute approximate surface area is 192 Å². The molecule has 1 aliphatic rings. The molecular weight excluding hydrogens is 448 g/mol. The van der Waals surface area contributed by atoms with Crippen molar-refractivity contribution < 1.29 is 33.6 Å². The summed E-state index contributed by atoms with van der Waals surface area (Å²) in [5, 5.41) is 13.3. The van der Waals surface area contributed by atoms with Gasteiger partial charge in [-0.1, -0.05) is 24.3 Å². The van der Waals surface area contributed by atoms with Crippen LogP contribution >= 0.6 is 0 Å². The number of hydrogen-bond donors (Lipinski definition) is 2. The molecule has 0 aliphatic carbocycles. The lowest BCUT2D eigenvalue weighted by Gasteiger charge is -2.25. The maximum atomic E-state index is 13.0. The Kier molecular flexibility index (Phi) is 7.31. The highest BCUT2D eigenvalue weighted by Crippen LogP contribution is 2.26. The summed E-state index contributed by atoms with van der Waals surface area (Å²) >= 11 is 0. The van der Waals surface area contributed by atoms with E-state index in [9.17, 15) is 34.1 Å². The Morgan fingerprint density at radius 1 is 1.06 bits per heavy atom. The second-order valence-electron chi connectivity index (χ2n) is 7.30. The van der Waals surface area contributed by atoms with Gasteiger partial charge in [-0.25, -0.2) is 4.79 Å². The highest BCUT2D eigenvalue weighted by molar-refractivity contribution is 6.22. The van der Waals surface area contributed by atoms with Gasteiger partial charge in [0.25, 0.3) is 17.5 Å². The molecule has 3 N–H and O–H groups in total. The number of primary amides is 1. The number of hydrogen-bond acceptors (Lipinski definition) is 8. The number of nitro groups is 1. The molecule has 0 spiro atoms. The van der Waals surface area contributed by atoms with Gasteiger partial charge in [-0.2, -0.15) is 0 Å². The minimum atomic E-state index is -1.29. The molecule has 34 heavy (non-hydrogen) atoms. The summed E-state index contributed by atoms with van der Waals surface area (Å²) in [5.41, 5.74) is 4.94. The Morgan fingerprint density at radius 3 is 2.29 bits per heavy atom. The van der Waals surface area contributed by atoms with E-state index >= 15 is 0 Å². The molecule has 176 valence electrons. The summed E-state index contributed by atoms with van der Waals surface area (Å²) in [6, 6.07) is 9.82. The Morgan fingerprint density at radius 2 is 1.71 bits per heavy atom. The molecule has 0 saturated carbocycles. The Hall–Kier alpha value is -4.61. The lowest BCUT2D eigenvalue weighted by molar-refractivity contribution is -0.384. The molecule has 2 aromatic rings. The van der Waals surface area contributed by atoms with Crippen molar-refractivity contribution in [3.05, 3.63) is 75.3 Å². The quantitative estimate of drug-likeness (QED) is 0.173. The Bertz CT molecular complexity index is 1140. The van der Waals surface area contributed by atoms with E-state index in [4.69, 9.17) is 5.73 Å². The molecule has 0 unspecified atom stereocenters. The number of imide groups is 1. The number of ketones is 1. The highest BCUT2D eigenvalue weighted by atomic mass is 16.6. The number of nitro benzene ring substituents is 1. The fourth-order valence-electron chi connectivity index (χ4n) is 3.50. The zero-order valence-electron chi connectivity index (χ0n) is 17.8. The van der Waals surface area contributed by atoms with Crippen LogP contribution in [0.1, 0.15) is 43.9 Å². The topological polar surface area (TPSA) is 179 Å². The van der Waals surface area contributed by atoms with Gasteiger partial charge in [0, 0.05) is 17.7 Å². The van der Waals surface area contributed by atoms with Crippen LogP contribution in [-0.4, -0.2) is 58.6 Å². The minimum absolute atomic E-state index is 0.0154. The first-order valence-corrected chi connectivity index (χ1v) is 10.1. The average Bonchev–Trinajstić information content (AvgIpc) is 3.07. The number of rotatable bonds is 10. The summed E-state index contributed by atoms with van der Waals surface area (Å²) in [7, 11) is 0. The van der Waals surface area contributed by atoms with Gasteiger partial charge in [0.05, 0.1) is 29.2 Å². The second kappa shape index (κ2) is 10.3. The van der Waals surface area contributed by atoms with Gasteiger partial charge in [0.15, 0.2) is 5.78 Å². The molecule has 0 saturated heterocycles. The third-order valence-electron chi connectivity index (χ3n) is 5.11. The molecule has 1 heterocycles. The molecule has 3 rings (SSSR count). The smallest absolute Gasteiger partial charge is 0.404 e. The summed E-state index contributed by atoms with van der Waals surface area (Å²) in [5.74, 6) is -2.72. The van der Waals surface area contributed by atoms with E-state index in [1.807, 2.05) is 0 Å². The van der Waals surface area contributed by atoms with Crippen LogP contribution in [0.15, 0.2) is 48.5 Å². The largest absolute Gasteiger partial charge is 0.450 e. The zero-order chi connectivity index (χ0) is 24.8. The standard InChI is InChI=1S/C22H20N4O8/c23-22(31)34-10-4-9-17(25-20(29)15-7-1-2-8-16(15)21(25)30)19(28)24-12-18(27)13-5-3-6-14(11-13)26(32)33/h1-3,5-8,11,17H,4,9-10,12H2,(H2,23,31)(H,24,28)/t17-/m0/s1. The third kappa shape index (κ3) is 5.23. The highest BCUT2D eigenvalue weighted by Gasteiger charge is 2.42. The second-order valence-corrected chi connectivity index (χ2v) is 7.30. The van der Waals surface area contributed by atoms with Crippen LogP contribution in [0.2, 0.25) is 0 Å². The molecule has 12 heteroatoms. The third-order valence-corrected chi connectivity index (χ3v) is 5.11. The normalized spacial score (nSPS) is 13.2. The van der Waals surface area contributed by atoms with Crippen LogP contribution in [0.5, 0.6) is 0 Å². The van der Waals surface area contributed by atoms with E-state index in [2.05, 4.69) is 10.1 Å². The number of Topliss-reactive ketones (excluding diaryl/α,β-unsaturated/α-hetero) is 1. The molecular formula is C22H20N4O8. The van der Waals surface area contributed by atoms with E-state index in [-0.39, 0.29) is 41.8 Å². The van der Waals surface area contributed by atoms with Crippen molar-refractivity contribution in [3.8, 4) is 0 Å². The predicted octanol–water partition coefficient (Wildman–Crippen LogP) is 1.43. The van der Waals surface area contributed by atoms with Crippen LogP contribution in [0, 0.1) is 10.1 Å². The number of nitrogens with two attached hydrogens (primary N) is 1. The first kappa shape index (κ1) is 24.0. The SMILES string of the molecule is NC(=O)OCCC[C@@H](C(=O)NCC(=O)c1cccc([N+](=O)[O-])c1)N1C(=O)c2ccccc2C1=O. The summed E-state index contributed by atoms with van der Waals surface area (Å²) in [6.07, 6.45) is -0.965. The molecule has 0 bridgehead atoms. The molecule has 1 aliphatic heterocycles. The monoisotopic (exact) mass is 468 g/mol. The predicted molar refractivity (Wildman–Crippen MR) is 116 cm³/mol. The van der Waals surface area contributed by atoms with Crippen LogP contribution in [0.4, 0.5) is 10.5 Å². The van der Waals surface area contributed by atoms with E-state index in [1.54, 1.807) is 12.1 Å². The number of ether oxygens (including phenoxy) is 1. The van der Waals surface area contributed by atoms with Crippen LogP contribution < -0.4 is 11.1 Å². The maximum Gasteiger partial charge on any atom is 0.404 e. The maximum absolute atomic E-state index is 13.0. The lowest BCUT2D eigenvalue weighted by Crippen LogP contribution is -2.50. The number of carbonyl (C=O) groups is 5. The van der Waals surface area contributed by atoms with E-state index < -0.39 is 47.1 Å². The van der Waals surface area contributed by atoms with E-state index in [0.717, 1.165) is 11.0 Å². The Balaban J connectivity index is 1.75. The van der Waals surface area contributed by atoms with Crippen LogP contribution in [-0.2, 0) is 9.53 Å². The number of non-ortho nitro benzene ring substituents is 1. The molecule has 4 amide bonds. The number of carbonyl (C=O) groups excluding carboxylic acids is 5. The van der Waals surface area contributed by atoms with Gasteiger partial charge >= 0.3 is 6.09 Å². The van der Waals surface area contributed by atoms with Crippen molar-refractivity contribution in [3.63, 3.8) is 0 Å². The van der Waals surface area contributed by atoms with Crippen molar-refractivity contribution in [1.82, 2.24) is 10.2 Å². The van der Waals surface area contributed by atoms with Gasteiger partial charge in [-0.15, -0.1) is 0 Å².